The van der Waals surface area contributed by atoms with Gasteiger partial charge >= 0.3 is 0 Å². The summed E-state index contributed by atoms with van der Waals surface area (Å²) >= 11 is 0. The molecule has 1 saturated heterocycles. The van der Waals surface area contributed by atoms with E-state index in [0.717, 1.165) is 12.5 Å². The Labute approximate surface area is 177 Å². The topological polar surface area (TPSA) is 6.48 Å². The van der Waals surface area contributed by atoms with Crippen molar-refractivity contribution >= 4 is 0 Å². The summed E-state index contributed by atoms with van der Waals surface area (Å²) in [5.74, 6) is 0.883. The van der Waals surface area contributed by atoms with E-state index in [2.05, 4.69) is 85.1 Å². The van der Waals surface area contributed by atoms with Gasteiger partial charge in [-0.2, -0.15) is 0 Å². The molecule has 0 unspecified atom stereocenters. The molecule has 1 fully saturated rings. The second kappa shape index (κ2) is 8.42. The molecule has 0 aromatic rings. The summed E-state index contributed by atoms with van der Waals surface area (Å²) in [7, 11) is 0. The average Bonchev–Trinajstić information content (AvgIpc) is 2.59. The van der Waals surface area contributed by atoms with Crippen molar-refractivity contribution in [3.63, 3.8) is 0 Å². The van der Waals surface area contributed by atoms with Gasteiger partial charge in [-0.3, -0.25) is 9.80 Å². The molecule has 0 radical (unpaired) electrons. The van der Waals surface area contributed by atoms with Crippen molar-refractivity contribution in [2.45, 2.75) is 112 Å². The fourth-order valence-electron chi connectivity index (χ4n) is 5.18. The zero-order valence-electron chi connectivity index (χ0n) is 20.9. The highest BCUT2D eigenvalue weighted by atomic mass is 15.2. The highest BCUT2D eigenvalue weighted by Gasteiger charge is 2.36. The van der Waals surface area contributed by atoms with Crippen molar-refractivity contribution in [2.75, 3.05) is 26.2 Å². The van der Waals surface area contributed by atoms with Gasteiger partial charge in [0.05, 0.1) is 0 Å². The molecule has 0 aliphatic carbocycles. The van der Waals surface area contributed by atoms with E-state index in [0.29, 0.717) is 16.4 Å². The maximum atomic E-state index is 2.78. The van der Waals surface area contributed by atoms with Crippen LogP contribution in [0.2, 0.25) is 0 Å². The van der Waals surface area contributed by atoms with Gasteiger partial charge in [-0.1, -0.05) is 46.3 Å². The van der Waals surface area contributed by atoms with Gasteiger partial charge in [0.2, 0.25) is 0 Å². The Morgan fingerprint density at radius 1 is 0.786 bits per heavy atom. The maximum absolute atomic E-state index is 2.78. The van der Waals surface area contributed by atoms with Crippen molar-refractivity contribution in [2.24, 2.45) is 16.7 Å². The Kier molecular flexibility index (Phi) is 7.20. The Hall–Kier alpha value is -0.340. The molecule has 0 spiro atoms. The first-order valence-corrected chi connectivity index (χ1v) is 11.8. The minimum atomic E-state index is 0.285. The van der Waals surface area contributed by atoms with Crippen LogP contribution < -0.4 is 0 Å². The highest BCUT2D eigenvalue weighted by Crippen LogP contribution is 2.41. The Morgan fingerprint density at radius 2 is 1.36 bits per heavy atom. The largest absolute Gasteiger partial charge is 0.298 e. The SMILES string of the molecule is CC(C)(CCC(C)(C)N1CCC(C(C)(C)C)CC1)C1=CCN(C(C)(C)C)CC1. The molecule has 0 aromatic carbocycles. The summed E-state index contributed by atoms with van der Waals surface area (Å²) in [4.78, 5) is 5.39. The predicted octanol–water partition coefficient (Wildman–Crippen LogP) is 6.76. The van der Waals surface area contributed by atoms with Gasteiger partial charge in [0.15, 0.2) is 0 Å². The van der Waals surface area contributed by atoms with Gasteiger partial charge in [-0.05, 0) is 96.6 Å². The molecule has 0 bridgehead atoms. The number of likely N-dealkylation sites (tertiary alicyclic amines) is 1. The van der Waals surface area contributed by atoms with E-state index in [1.54, 1.807) is 5.57 Å². The first kappa shape index (κ1) is 23.9. The summed E-state index contributed by atoms with van der Waals surface area (Å²) < 4.78 is 0. The standard InChI is InChI=1S/C26H50N2/c1-23(2,3)21-11-19-28(20-12-21)26(9,10)16-15-25(7,8)22-13-17-27(18-14-22)24(4,5)6/h13,21H,11-12,14-20H2,1-10H3. The van der Waals surface area contributed by atoms with Gasteiger partial charge < -0.3 is 0 Å². The Bertz CT molecular complexity index is 534. The quantitative estimate of drug-likeness (QED) is 0.478. The summed E-state index contributed by atoms with van der Waals surface area (Å²) in [5, 5.41) is 0. The van der Waals surface area contributed by atoms with Crippen LogP contribution in [0.4, 0.5) is 0 Å². The van der Waals surface area contributed by atoms with Gasteiger partial charge in [0, 0.05) is 24.2 Å². The lowest BCUT2D eigenvalue weighted by atomic mass is 9.73. The van der Waals surface area contributed by atoms with Gasteiger partial charge in [0.25, 0.3) is 0 Å². The van der Waals surface area contributed by atoms with Crippen LogP contribution in [0.15, 0.2) is 11.6 Å². The van der Waals surface area contributed by atoms with Gasteiger partial charge in [-0.15, -0.1) is 0 Å². The third-order valence-corrected chi connectivity index (χ3v) is 7.96. The second-order valence-corrected chi connectivity index (χ2v) is 12.9. The zero-order chi connectivity index (χ0) is 21.4. The number of nitrogens with zero attached hydrogens (tertiary/aromatic N) is 2. The summed E-state index contributed by atoms with van der Waals surface area (Å²) in [6.07, 6.45) is 9.09. The van der Waals surface area contributed by atoms with Crippen molar-refractivity contribution in [1.82, 2.24) is 9.80 Å². The molecule has 2 aliphatic rings. The van der Waals surface area contributed by atoms with Crippen LogP contribution in [0.1, 0.15) is 101 Å². The molecule has 164 valence electrons. The van der Waals surface area contributed by atoms with E-state index >= 15 is 0 Å². The Morgan fingerprint density at radius 3 is 1.79 bits per heavy atom. The first-order chi connectivity index (χ1) is 12.6. The first-order valence-electron chi connectivity index (χ1n) is 11.8. The van der Waals surface area contributed by atoms with E-state index < -0.39 is 0 Å². The summed E-state index contributed by atoms with van der Waals surface area (Å²) in [6.45, 7) is 29.1. The smallest absolute Gasteiger partial charge is 0.0171 e. The molecule has 0 aromatic heterocycles. The summed E-state index contributed by atoms with van der Waals surface area (Å²) in [6, 6.07) is 0. The zero-order valence-corrected chi connectivity index (χ0v) is 20.9. The number of hydrogen-bond donors (Lipinski definition) is 0. The van der Waals surface area contributed by atoms with Crippen LogP contribution in [0.3, 0.4) is 0 Å². The lowest BCUT2D eigenvalue weighted by molar-refractivity contribution is 0.0343. The van der Waals surface area contributed by atoms with Crippen LogP contribution in [-0.2, 0) is 0 Å². The fourth-order valence-corrected chi connectivity index (χ4v) is 5.18. The van der Waals surface area contributed by atoms with Crippen LogP contribution in [0, 0.1) is 16.7 Å². The van der Waals surface area contributed by atoms with E-state index in [4.69, 9.17) is 0 Å². The predicted molar refractivity (Wildman–Crippen MR) is 125 cm³/mol. The molecule has 2 rings (SSSR count). The molecular formula is C26H50N2. The van der Waals surface area contributed by atoms with Gasteiger partial charge in [0.1, 0.15) is 0 Å². The highest BCUT2D eigenvalue weighted by molar-refractivity contribution is 5.17. The summed E-state index contributed by atoms with van der Waals surface area (Å²) in [5.41, 5.74) is 3.08. The van der Waals surface area contributed by atoms with E-state index in [9.17, 15) is 0 Å². The maximum Gasteiger partial charge on any atom is 0.0171 e. The fraction of sp³-hybridized carbons (Fsp3) is 0.923. The third-order valence-electron chi connectivity index (χ3n) is 7.96. The van der Waals surface area contributed by atoms with E-state index in [1.807, 2.05) is 0 Å². The van der Waals surface area contributed by atoms with Crippen molar-refractivity contribution in [3.05, 3.63) is 11.6 Å². The number of piperidine rings is 1. The molecule has 0 N–H and O–H groups in total. The molecule has 28 heavy (non-hydrogen) atoms. The van der Waals surface area contributed by atoms with Crippen molar-refractivity contribution in [1.29, 1.82) is 0 Å². The molecule has 2 heterocycles. The van der Waals surface area contributed by atoms with Crippen LogP contribution in [0.5, 0.6) is 0 Å². The molecule has 0 amide bonds. The van der Waals surface area contributed by atoms with Crippen molar-refractivity contribution in [3.8, 4) is 0 Å². The molecule has 0 atom stereocenters. The lowest BCUT2D eigenvalue weighted by Crippen LogP contribution is -2.50. The third kappa shape index (κ3) is 6.08. The second-order valence-electron chi connectivity index (χ2n) is 12.9. The van der Waals surface area contributed by atoms with Crippen molar-refractivity contribution < 1.29 is 0 Å². The van der Waals surface area contributed by atoms with E-state index in [1.165, 1.54) is 51.7 Å². The normalized spacial score (nSPS) is 22.4. The van der Waals surface area contributed by atoms with Gasteiger partial charge in [-0.25, -0.2) is 0 Å². The average molecular weight is 391 g/mol. The lowest BCUT2D eigenvalue weighted by Gasteiger charge is -2.47. The Balaban J connectivity index is 1.90. The van der Waals surface area contributed by atoms with Crippen LogP contribution in [0.25, 0.3) is 0 Å². The number of rotatable bonds is 5. The molecule has 2 nitrogen and oxygen atoms in total. The molecule has 2 heteroatoms. The van der Waals surface area contributed by atoms with E-state index in [-0.39, 0.29) is 5.54 Å². The molecule has 2 aliphatic heterocycles. The van der Waals surface area contributed by atoms with Crippen LogP contribution in [-0.4, -0.2) is 47.1 Å². The van der Waals surface area contributed by atoms with Crippen LogP contribution >= 0.6 is 0 Å². The minimum Gasteiger partial charge on any atom is -0.298 e. The monoisotopic (exact) mass is 390 g/mol. The minimum absolute atomic E-state index is 0.285. The molecule has 0 saturated carbocycles. The number of hydrogen-bond acceptors (Lipinski definition) is 2. The molecular weight excluding hydrogens is 340 g/mol.